The number of fused-ring (bicyclic) bond motifs is 1. The molecule has 1 atom stereocenters. The predicted molar refractivity (Wildman–Crippen MR) is 71.3 cm³/mol. The number of esters is 1. The first-order valence-corrected chi connectivity index (χ1v) is 6.54. The summed E-state index contributed by atoms with van der Waals surface area (Å²) in [5.74, 6) is -0.288. The lowest BCUT2D eigenvalue weighted by Gasteiger charge is -2.10. The summed E-state index contributed by atoms with van der Waals surface area (Å²) >= 11 is 3.33. The number of hydrogen-bond donors (Lipinski definition) is 1. The summed E-state index contributed by atoms with van der Waals surface area (Å²) in [4.78, 5) is 14.9. The van der Waals surface area contributed by atoms with Crippen LogP contribution in [0.3, 0.4) is 0 Å². The predicted octanol–water partition coefficient (Wildman–Crippen LogP) is 3.85. The smallest absolute Gasteiger partial charge is 0.339 e. The molecule has 1 heterocycles. The first-order chi connectivity index (χ1) is 8.20. The maximum Gasteiger partial charge on any atom is 0.339 e. The molecule has 0 fully saturated rings. The lowest BCUT2D eigenvalue weighted by molar-refractivity contribution is 0.0458. The molecular weight excluding hydrogens is 282 g/mol. The quantitative estimate of drug-likeness (QED) is 0.688. The number of benzene rings is 1. The minimum absolute atomic E-state index is 0.207. The average Bonchev–Trinajstić information content (AvgIpc) is 2.75. The summed E-state index contributed by atoms with van der Waals surface area (Å²) in [6.45, 7) is 2.05. The van der Waals surface area contributed by atoms with Crippen molar-refractivity contribution in [2.75, 3.05) is 0 Å². The van der Waals surface area contributed by atoms with Crippen LogP contribution in [0, 0.1) is 0 Å². The van der Waals surface area contributed by atoms with Crippen LogP contribution < -0.4 is 0 Å². The number of carbonyl (C=O) groups is 1. The maximum absolute atomic E-state index is 11.8. The van der Waals surface area contributed by atoms with Crippen molar-refractivity contribution >= 4 is 32.8 Å². The van der Waals surface area contributed by atoms with E-state index in [0.717, 1.165) is 23.7 Å². The van der Waals surface area contributed by atoms with Crippen LogP contribution in [0.2, 0.25) is 0 Å². The molecule has 2 rings (SSSR count). The van der Waals surface area contributed by atoms with Crippen LogP contribution in [0.15, 0.2) is 30.5 Å². The second kappa shape index (κ2) is 5.36. The fourth-order valence-electron chi connectivity index (χ4n) is 1.65. The molecule has 4 heteroatoms. The summed E-state index contributed by atoms with van der Waals surface area (Å²) < 4.78 is 5.27. The van der Waals surface area contributed by atoms with Gasteiger partial charge in [-0.3, -0.25) is 0 Å². The third kappa shape index (κ3) is 2.88. The SMILES string of the molecule is CCCC(Br)OC(=O)c1ccc2[nH]ccc2c1. The topological polar surface area (TPSA) is 42.1 Å². The molecule has 1 aromatic heterocycles. The van der Waals surface area contributed by atoms with Crippen LogP contribution in [0.25, 0.3) is 10.9 Å². The Bertz CT molecular complexity index is 521. The molecule has 0 amide bonds. The Labute approximate surface area is 108 Å². The van der Waals surface area contributed by atoms with Crippen molar-refractivity contribution in [1.29, 1.82) is 0 Å². The molecule has 0 aliphatic rings. The second-order valence-corrected chi connectivity index (χ2v) is 4.91. The van der Waals surface area contributed by atoms with Crippen molar-refractivity contribution in [3.63, 3.8) is 0 Å². The number of carbonyl (C=O) groups excluding carboxylic acids is 1. The van der Waals surface area contributed by atoms with E-state index in [-0.39, 0.29) is 11.0 Å². The van der Waals surface area contributed by atoms with Gasteiger partial charge in [-0.1, -0.05) is 13.3 Å². The standard InChI is InChI=1S/C13H14BrNO2/c1-2-3-12(14)17-13(16)10-4-5-11-9(8-10)6-7-15-11/h4-8,12,15H,2-3H2,1H3. The highest BCUT2D eigenvalue weighted by Gasteiger charge is 2.12. The van der Waals surface area contributed by atoms with Crippen molar-refractivity contribution in [3.05, 3.63) is 36.0 Å². The largest absolute Gasteiger partial charge is 0.447 e. The van der Waals surface area contributed by atoms with Crippen LogP contribution in [0.1, 0.15) is 30.1 Å². The average molecular weight is 296 g/mol. The van der Waals surface area contributed by atoms with Gasteiger partial charge in [0, 0.05) is 17.1 Å². The van der Waals surface area contributed by atoms with Crippen LogP contribution in [0.5, 0.6) is 0 Å². The third-order valence-electron chi connectivity index (χ3n) is 2.54. The number of hydrogen-bond acceptors (Lipinski definition) is 2. The van der Waals surface area contributed by atoms with Crippen LogP contribution >= 0.6 is 15.9 Å². The summed E-state index contributed by atoms with van der Waals surface area (Å²) in [6, 6.07) is 7.42. The lowest BCUT2D eigenvalue weighted by atomic mass is 10.1. The number of nitrogens with one attached hydrogen (secondary N) is 1. The first kappa shape index (κ1) is 12.2. The van der Waals surface area contributed by atoms with E-state index in [1.165, 1.54) is 0 Å². The van der Waals surface area contributed by atoms with Gasteiger partial charge in [-0.25, -0.2) is 4.79 Å². The molecule has 0 aliphatic heterocycles. The zero-order valence-electron chi connectivity index (χ0n) is 9.57. The first-order valence-electron chi connectivity index (χ1n) is 5.63. The van der Waals surface area contributed by atoms with Gasteiger partial charge in [-0.2, -0.15) is 0 Å². The van der Waals surface area contributed by atoms with Crippen molar-refractivity contribution < 1.29 is 9.53 Å². The fraction of sp³-hybridized carbons (Fsp3) is 0.308. The second-order valence-electron chi connectivity index (χ2n) is 3.88. The van der Waals surface area contributed by atoms with Gasteiger partial charge in [0.25, 0.3) is 0 Å². The van der Waals surface area contributed by atoms with Crippen LogP contribution in [0.4, 0.5) is 0 Å². The van der Waals surface area contributed by atoms with Crippen LogP contribution in [-0.2, 0) is 4.74 Å². The Morgan fingerprint density at radius 1 is 1.47 bits per heavy atom. The van der Waals surface area contributed by atoms with Crippen molar-refractivity contribution in [2.45, 2.75) is 24.8 Å². The molecule has 1 aromatic carbocycles. The van der Waals surface area contributed by atoms with Gasteiger partial charge < -0.3 is 9.72 Å². The summed E-state index contributed by atoms with van der Waals surface area (Å²) in [6.07, 6.45) is 3.64. The van der Waals surface area contributed by atoms with Gasteiger partial charge in [-0.15, -0.1) is 0 Å². The number of alkyl halides is 1. The molecule has 1 unspecified atom stereocenters. The molecule has 0 saturated carbocycles. The Balaban J connectivity index is 2.13. The van der Waals surface area contributed by atoms with E-state index in [1.54, 1.807) is 6.07 Å². The van der Waals surface area contributed by atoms with E-state index in [9.17, 15) is 4.79 Å². The minimum atomic E-state index is -0.288. The van der Waals surface area contributed by atoms with Gasteiger partial charge in [0.2, 0.25) is 0 Å². The van der Waals surface area contributed by atoms with Gasteiger partial charge in [0.15, 0.2) is 5.01 Å². The summed E-state index contributed by atoms with van der Waals surface area (Å²) in [7, 11) is 0. The number of aromatic nitrogens is 1. The van der Waals surface area contributed by atoms with Gasteiger partial charge in [0.05, 0.1) is 5.56 Å². The summed E-state index contributed by atoms with van der Waals surface area (Å²) in [5, 5.41) is 0.808. The Kier molecular flexibility index (Phi) is 3.84. The number of ether oxygens (including phenoxy) is 1. The molecule has 0 spiro atoms. The van der Waals surface area contributed by atoms with E-state index in [4.69, 9.17) is 4.74 Å². The molecule has 0 saturated heterocycles. The van der Waals surface area contributed by atoms with Gasteiger partial charge >= 0.3 is 5.97 Å². The highest BCUT2D eigenvalue weighted by molar-refractivity contribution is 9.09. The molecule has 3 nitrogen and oxygen atoms in total. The fourth-order valence-corrected chi connectivity index (χ4v) is 2.28. The van der Waals surface area contributed by atoms with Gasteiger partial charge in [0.1, 0.15) is 0 Å². The molecule has 1 N–H and O–H groups in total. The summed E-state index contributed by atoms with van der Waals surface area (Å²) in [5.41, 5.74) is 1.60. The number of halogens is 1. The number of aromatic amines is 1. The minimum Gasteiger partial charge on any atom is -0.447 e. The monoisotopic (exact) mass is 295 g/mol. The van der Waals surface area contributed by atoms with E-state index in [1.807, 2.05) is 31.3 Å². The van der Waals surface area contributed by atoms with Crippen LogP contribution in [-0.4, -0.2) is 16.0 Å². The molecule has 2 aromatic rings. The van der Waals surface area contributed by atoms with Gasteiger partial charge in [-0.05, 0) is 46.6 Å². The maximum atomic E-state index is 11.8. The molecule has 0 radical (unpaired) electrons. The zero-order chi connectivity index (χ0) is 12.3. The lowest BCUT2D eigenvalue weighted by Crippen LogP contribution is -2.12. The molecule has 0 bridgehead atoms. The Hall–Kier alpha value is -1.29. The van der Waals surface area contributed by atoms with E-state index >= 15 is 0 Å². The highest BCUT2D eigenvalue weighted by Crippen LogP contribution is 2.17. The van der Waals surface area contributed by atoms with Crippen molar-refractivity contribution in [3.8, 4) is 0 Å². The highest BCUT2D eigenvalue weighted by atomic mass is 79.9. The molecular formula is C13H14BrNO2. The zero-order valence-corrected chi connectivity index (χ0v) is 11.2. The third-order valence-corrected chi connectivity index (χ3v) is 3.18. The number of rotatable bonds is 4. The Morgan fingerprint density at radius 3 is 3.06 bits per heavy atom. The molecule has 90 valence electrons. The van der Waals surface area contributed by atoms with E-state index in [0.29, 0.717) is 5.56 Å². The van der Waals surface area contributed by atoms with E-state index < -0.39 is 0 Å². The number of H-pyrrole nitrogens is 1. The Morgan fingerprint density at radius 2 is 2.29 bits per heavy atom. The van der Waals surface area contributed by atoms with Crippen molar-refractivity contribution in [1.82, 2.24) is 4.98 Å². The van der Waals surface area contributed by atoms with E-state index in [2.05, 4.69) is 20.9 Å². The normalized spacial score (nSPS) is 12.6. The van der Waals surface area contributed by atoms with Crippen molar-refractivity contribution in [2.24, 2.45) is 0 Å². The molecule has 0 aliphatic carbocycles. The molecule has 17 heavy (non-hydrogen) atoms.